The first-order valence-corrected chi connectivity index (χ1v) is 8.55. The van der Waals surface area contributed by atoms with Crippen LogP contribution in [-0.2, 0) is 11.3 Å². The standard InChI is InChI=1S/C18H26FN3O3/c1-4-7-22(18(24)21-10-8-20(2)9-11-21)13-15-6-5-14(12-16(15)19)17(23)25-3/h5-6,12H,4,7-11,13H2,1-3H3. The predicted molar refractivity (Wildman–Crippen MR) is 92.9 cm³/mol. The van der Waals surface area contributed by atoms with Gasteiger partial charge < -0.3 is 19.4 Å². The maximum Gasteiger partial charge on any atom is 0.337 e. The summed E-state index contributed by atoms with van der Waals surface area (Å²) in [7, 11) is 3.29. The number of urea groups is 1. The second-order valence-corrected chi connectivity index (χ2v) is 6.29. The Morgan fingerprint density at radius 1 is 1.24 bits per heavy atom. The summed E-state index contributed by atoms with van der Waals surface area (Å²) < 4.78 is 18.9. The average Bonchev–Trinajstić information content (AvgIpc) is 2.62. The van der Waals surface area contributed by atoms with Crippen molar-refractivity contribution in [2.75, 3.05) is 46.9 Å². The van der Waals surface area contributed by atoms with E-state index in [-0.39, 0.29) is 18.1 Å². The summed E-state index contributed by atoms with van der Waals surface area (Å²) >= 11 is 0. The topological polar surface area (TPSA) is 53.1 Å². The number of hydrogen-bond donors (Lipinski definition) is 0. The number of halogens is 1. The smallest absolute Gasteiger partial charge is 0.337 e. The van der Waals surface area contributed by atoms with Crippen LogP contribution in [0.5, 0.6) is 0 Å². The van der Waals surface area contributed by atoms with Crippen molar-refractivity contribution in [3.05, 3.63) is 35.1 Å². The van der Waals surface area contributed by atoms with Gasteiger partial charge in [-0.15, -0.1) is 0 Å². The van der Waals surface area contributed by atoms with E-state index in [0.717, 1.165) is 25.6 Å². The molecule has 0 aliphatic carbocycles. The van der Waals surface area contributed by atoms with Crippen LogP contribution in [0.15, 0.2) is 18.2 Å². The molecule has 1 aromatic carbocycles. The van der Waals surface area contributed by atoms with Crippen molar-refractivity contribution in [2.24, 2.45) is 0 Å². The first kappa shape index (κ1) is 19.2. The third-order valence-corrected chi connectivity index (χ3v) is 4.37. The first-order chi connectivity index (χ1) is 12.0. The van der Waals surface area contributed by atoms with E-state index in [1.165, 1.54) is 13.2 Å². The van der Waals surface area contributed by atoms with Crippen LogP contribution < -0.4 is 0 Å². The number of methoxy groups -OCH3 is 1. The number of esters is 1. The van der Waals surface area contributed by atoms with Crippen LogP contribution in [0.4, 0.5) is 9.18 Å². The Morgan fingerprint density at radius 3 is 2.48 bits per heavy atom. The Hall–Kier alpha value is -2.15. The fourth-order valence-corrected chi connectivity index (χ4v) is 2.84. The molecule has 1 heterocycles. The number of carbonyl (C=O) groups excluding carboxylic acids is 2. The van der Waals surface area contributed by atoms with Crippen molar-refractivity contribution >= 4 is 12.0 Å². The molecule has 7 heteroatoms. The van der Waals surface area contributed by atoms with Gasteiger partial charge in [0.25, 0.3) is 0 Å². The highest BCUT2D eigenvalue weighted by molar-refractivity contribution is 5.89. The van der Waals surface area contributed by atoms with Crippen molar-refractivity contribution in [2.45, 2.75) is 19.9 Å². The normalized spacial score (nSPS) is 15.1. The molecule has 0 saturated carbocycles. The van der Waals surface area contributed by atoms with Gasteiger partial charge in [-0.2, -0.15) is 0 Å². The molecule has 0 atom stereocenters. The van der Waals surface area contributed by atoms with E-state index in [9.17, 15) is 14.0 Å². The molecular formula is C18H26FN3O3. The van der Waals surface area contributed by atoms with Crippen LogP contribution in [0.25, 0.3) is 0 Å². The molecular weight excluding hydrogens is 325 g/mol. The maximum atomic E-state index is 14.3. The Labute approximate surface area is 148 Å². The molecule has 2 amide bonds. The lowest BCUT2D eigenvalue weighted by Gasteiger charge is -2.36. The summed E-state index contributed by atoms with van der Waals surface area (Å²) in [5.41, 5.74) is 0.555. The molecule has 0 aromatic heterocycles. The number of ether oxygens (including phenoxy) is 1. The molecule has 0 bridgehead atoms. The molecule has 0 radical (unpaired) electrons. The van der Waals surface area contributed by atoms with Crippen LogP contribution in [0.1, 0.15) is 29.3 Å². The molecule has 1 aromatic rings. The third kappa shape index (κ3) is 4.92. The minimum absolute atomic E-state index is 0.0635. The summed E-state index contributed by atoms with van der Waals surface area (Å²) in [6.45, 7) is 5.77. The van der Waals surface area contributed by atoms with Crippen LogP contribution in [0.3, 0.4) is 0 Å². The lowest BCUT2D eigenvalue weighted by molar-refractivity contribution is 0.0600. The molecule has 0 unspecified atom stereocenters. The van der Waals surface area contributed by atoms with Crippen LogP contribution in [-0.4, -0.2) is 73.6 Å². The van der Waals surface area contributed by atoms with Crippen molar-refractivity contribution in [3.63, 3.8) is 0 Å². The summed E-state index contributed by atoms with van der Waals surface area (Å²) in [4.78, 5) is 29.9. The lowest BCUT2D eigenvalue weighted by atomic mass is 10.1. The van der Waals surface area contributed by atoms with Crippen molar-refractivity contribution in [1.82, 2.24) is 14.7 Å². The molecule has 1 aliphatic heterocycles. The number of benzene rings is 1. The van der Waals surface area contributed by atoms with Gasteiger partial charge >= 0.3 is 12.0 Å². The fraction of sp³-hybridized carbons (Fsp3) is 0.556. The molecule has 1 aliphatic rings. The summed E-state index contributed by atoms with van der Waals surface area (Å²) in [5.74, 6) is -1.08. The molecule has 0 N–H and O–H groups in total. The second-order valence-electron chi connectivity index (χ2n) is 6.29. The molecule has 2 rings (SSSR count). The minimum atomic E-state index is -0.579. The van der Waals surface area contributed by atoms with Gasteiger partial charge in [-0.1, -0.05) is 13.0 Å². The second kappa shape index (κ2) is 8.80. The van der Waals surface area contributed by atoms with Gasteiger partial charge in [-0.25, -0.2) is 14.0 Å². The van der Waals surface area contributed by atoms with E-state index < -0.39 is 11.8 Å². The molecule has 1 saturated heterocycles. The fourth-order valence-electron chi connectivity index (χ4n) is 2.84. The summed E-state index contributed by atoms with van der Waals surface area (Å²) in [5, 5.41) is 0. The number of carbonyl (C=O) groups is 2. The Balaban J connectivity index is 2.10. The van der Waals surface area contributed by atoms with E-state index in [0.29, 0.717) is 25.2 Å². The molecule has 6 nitrogen and oxygen atoms in total. The first-order valence-electron chi connectivity index (χ1n) is 8.55. The van der Waals surface area contributed by atoms with E-state index in [2.05, 4.69) is 9.64 Å². The average molecular weight is 351 g/mol. The summed E-state index contributed by atoms with van der Waals surface area (Å²) in [6, 6.07) is 4.16. The lowest BCUT2D eigenvalue weighted by Crippen LogP contribution is -2.51. The van der Waals surface area contributed by atoms with E-state index in [1.54, 1.807) is 11.0 Å². The van der Waals surface area contributed by atoms with E-state index in [1.807, 2.05) is 18.9 Å². The molecule has 1 fully saturated rings. The quantitative estimate of drug-likeness (QED) is 0.763. The van der Waals surface area contributed by atoms with Crippen LogP contribution >= 0.6 is 0 Å². The van der Waals surface area contributed by atoms with Gasteiger partial charge in [-0.3, -0.25) is 0 Å². The zero-order valence-electron chi connectivity index (χ0n) is 15.1. The highest BCUT2D eigenvalue weighted by Gasteiger charge is 2.24. The highest BCUT2D eigenvalue weighted by atomic mass is 19.1. The molecule has 0 spiro atoms. The SMILES string of the molecule is CCCN(Cc1ccc(C(=O)OC)cc1F)C(=O)N1CCN(C)CC1. The Bertz CT molecular complexity index is 616. The number of rotatable bonds is 5. The van der Waals surface area contributed by atoms with Crippen LogP contribution in [0.2, 0.25) is 0 Å². The number of piperazine rings is 1. The van der Waals surface area contributed by atoms with Crippen molar-refractivity contribution < 1.29 is 18.7 Å². The third-order valence-electron chi connectivity index (χ3n) is 4.37. The van der Waals surface area contributed by atoms with Gasteiger partial charge in [0.05, 0.1) is 19.2 Å². The van der Waals surface area contributed by atoms with Crippen LogP contribution in [0, 0.1) is 5.82 Å². The zero-order valence-corrected chi connectivity index (χ0v) is 15.1. The van der Waals surface area contributed by atoms with E-state index in [4.69, 9.17) is 0 Å². The largest absolute Gasteiger partial charge is 0.465 e. The number of likely N-dealkylation sites (N-methyl/N-ethyl adjacent to an activating group) is 1. The van der Waals surface area contributed by atoms with Gasteiger partial charge in [-0.05, 0) is 25.6 Å². The van der Waals surface area contributed by atoms with Gasteiger partial charge in [0.1, 0.15) is 5.82 Å². The van der Waals surface area contributed by atoms with E-state index >= 15 is 0 Å². The Morgan fingerprint density at radius 2 is 1.92 bits per heavy atom. The van der Waals surface area contributed by atoms with Crippen molar-refractivity contribution in [1.29, 1.82) is 0 Å². The highest BCUT2D eigenvalue weighted by Crippen LogP contribution is 2.16. The number of amides is 2. The minimum Gasteiger partial charge on any atom is -0.465 e. The predicted octanol–water partition coefficient (Wildman–Crippen LogP) is 2.19. The van der Waals surface area contributed by atoms with Gasteiger partial charge in [0.2, 0.25) is 0 Å². The monoisotopic (exact) mass is 351 g/mol. The maximum absolute atomic E-state index is 14.3. The van der Waals surface area contributed by atoms with Gasteiger partial charge in [0, 0.05) is 38.3 Å². The Kier molecular flexibility index (Phi) is 6.75. The zero-order chi connectivity index (χ0) is 18.4. The molecule has 25 heavy (non-hydrogen) atoms. The van der Waals surface area contributed by atoms with Gasteiger partial charge in [0.15, 0.2) is 0 Å². The summed E-state index contributed by atoms with van der Waals surface area (Å²) in [6.07, 6.45) is 0.793. The molecule has 138 valence electrons. The number of hydrogen-bond acceptors (Lipinski definition) is 4. The van der Waals surface area contributed by atoms with Crippen molar-refractivity contribution in [3.8, 4) is 0 Å². The number of nitrogens with zero attached hydrogens (tertiary/aromatic N) is 3.